The van der Waals surface area contributed by atoms with Gasteiger partial charge in [0.1, 0.15) is 5.82 Å². The van der Waals surface area contributed by atoms with E-state index in [9.17, 15) is 9.18 Å². The van der Waals surface area contributed by atoms with Crippen LogP contribution in [0, 0.1) is 5.82 Å². The molecule has 0 aliphatic rings. The maximum Gasteiger partial charge on any atom is 0.224 e. The maximum absolute atomic E-state index is 12.7. The minimum atomic E-state index is -0.383. The van der Waals surface area contributed by atoms with Gasteiger partial charge in [-0.15, -0.1) is 0 Å². The minimum Gasteiger partial charge on any atom is -0.396 e. The molecule has 1 amide bonds. The number of rotatable bonds is 6. The Morgan fingerprint density at radius 1 is 1.39 bits per heavy atom. The highest BCUT2D eigenvalue weighted by Gasteiger charge is 2.23. The number of carbonyl (C=O) groups is 1. The lowest BCUT2D eigenvalue weighted by Crippen LogP contribution is -2.46. The number of nitrogens with one attached hydrogen (secondary N) is 1. The maximum atomic E-state index is 12.7. The van der Waals surface area contributed by atoms with Gasteiger partial charge >= 0.3 is 0 Å². The summed E-state index contributed by atoms with van der Waals surface area (Å²) in [4.78, 5) is 11.9. The van der Waals surface area contributed by atoms with Crippen LogP contribution in [-0.4, -0.2) is 23.2 Å². The third kappa shape index (κ3) is 4.45. The fourth-order valence-electron chi connectivity index (χ4n) is 1.74. The molecule has 0 saturated carbocycles. The second-order valence-electron chi connectivity index (χ2n) is 4.74. The number of halogens is 1. The summed E-state index contributed by atoms with van der Waals surface area (Å²) >= 11 is 0. The van der Waals surface area contributed by atoms with Gasteiger partial charge in [0.2, 0.25) is 5.91 Å². The predicted octanol–water partition coefficient (Wildman–Crippen LogP) is 2.04. The van der Waals surface area contributed by atoms with Gasteiger partial charge in [0.15, 0.2) is 0 Å². The van der Waals surface area contributed by atoms with Gasteiger partial charge in [-0.3, -0.25) is 4.79 Å². The van der Waals surface area contributed by atoms with E-state index in [0.717, 1.165) is 12.0 Å². The number of hydrogen-bond acceptors (Lipinski definition) is 2. The van der Waals surface area contributed by atoms with Crippen LogP contribution in [0.25, 0.3) is 0 Å². The molecule has 1 atom stereocenters. The molecule has 2 N–H and O–H groups in total. The SMILES string of the molecule is CCC(C)(CCO)NC(=O)Cc1ccc(F)cc1. The van der Waals surface area contributed by atoms with E-state index in [-0.39, 0.29) is 30.3 Å². The van der Waals surface area contributed by atoms with Gasteiger partial charge in [0, 0.05) is 12.1 Å². The van der Waals surface area contributed by atoms with E-state index in [4.69, 9.17) is 5.11 Å². The number of benzene rings is 1. The number of amides is 1. The predicted molar refractivity (Wildman–Crippen MR) is 68.6 cm³/mol. The Morgan fingerprint density at radius 2 is 2.00 bits per heavy atom. The first kappa shape index (κ1) is 14.6. The minimum absolute atomic E-state index is 0.0428. The molecule has 0 saturated heterocycles. The molecular weight excluding hydrogens is 233 g/mol. The summed E-state index contributed by atoms with van der Waals surface area (Å²) < 4.78 is 12.7. The third-order valence-electron chi connectivity index (χ3n) is 3.16. The molecule has 0 heterocycles. The van der Waals surface area contributed by atoms with Crippen LogP contribution in [0.2, 0.25) is 0 Å². The topological polar surface area (TPSA) is 49.3 Å². The molecule has 1 unspecified atom stereocenters. The Bertz CT molecular complexity index is 391. The lowest BCUT2D eigenvalue weighted by atomic mass is 9.94. The lowest BCUT2D eigenvalue weighted by molar-refractivity contribution is -0.122. The highest BCUT2D eigenvalue weighted by atomic mass is 19.1. The van der Waals surface area contributed by atoms with Crippen molar-refractivity contribution in [1.29, 1.82) is 0 Å². The lowest BCUT2D eigenvalue weighted by Gasteiger charge is -2.29. The van der Waals surface area contributed by atoms with E-state index in [2.05, 4.69) is 5.32 Å². The van der Waals surface area contributed by atoms with E-state index in [1.165, 1.54) is 12.1 Å². The largest absolute Gasteiger partial charge is 0.396 e. The quantitative estimate of drug-likeness (QED) is 0.815. The highest BCUT2D eigenvalue weighted by Crippen LogP contribution is 2.14. The van der Waals surface area contributed by atoms with Crippen LogP contribution < -0.4 is 5.32 Å². The van der Waals surface area contributed by atoms with Gasteiger partial charge in [-0.25, -0.2) is 4.39 Å². The van der Waals surface area contributed by atoms with Crippen LogP contribution in [0.3, 0.4) is 0 Å². The Morgan fingerprint density at radius 3 is 2.50 bits per heavy atom. The van der Waals surface area contributed by atoms with Gasteiger partial charge in [-0.2, -0.15) is 0 Å². The van der Waals surface area contributed by atoms with Crippen molar-refractivity contribution in [2.75, 3.05) is 6.61 Å². The van der Waals surface area contributed by atoms with E-state index in [1.807, 2.05) is 13.8 Å². The van der Waals surface area contributed by atoms with Crippen LogP contribution in [-0.2, 0) is 11.2 Å². The molecule has 4 heteroatoms. The van der Waals surface area contributed by atoms with Gasteiger partial charge in [0.05, 0.1) is 6.42 Å². The summed E-state index contributed by atoms with van der Waals surface area (Å²) in [6.45, 7) is 3.92. The Labute approximate surface area is 107 Å². The summed E-state index contributed by atoms with van der Waals surface area (Å²) in [5, 5.41) is 11.9. The first-order valence-corrected chi connectivity index (χ1v) is 6.15. The van der Waals surface area contributed by atoms with Gasteiger partial charge in [0.25, 0.3) is 0 Å². The molecule has 0 radical (unpaired) electrons. The normalized spacial score (nSPS) is 14.0. The summed E-state index contributed by atoms with van der Waals surface area (Å²) in [7, 11) is 0. The van der Waals surface area contributed by atoms with E-state index >= 15 is 0 Å². The first-order valence-electron chi connectivity index (χ1n) is 6.15. The zero-order valence-corrected chi connectivity index (χ0v) is 10.9. The second-order valence-corrected chi connectivity index (χ2v) is 4.74. The first-order chi connectivity index (χ1) is 8.49. The molecule has 1 rings (SSSR count). The molecule has 100 valence electrons. The number of aliphatic hydroxyl groups excluding tert-OH is 1. The van der Waals surface area contributed by atoms with Crippen LogP contribution in [0.4, 0.5) is 4.39 Å². The Balaban J connectivity index is 2.58. The van der Waals surface area contributed by atoms with Crippen molar-refractivity contribution >= 4 is 5.91 Å². The van der Waals surface area contributed by atoms with Crippen LogP contribution in [0.15, 0.2) is 24.3 Å². The van der Waals surface area contributed by atoms with Crippen LogP contribution in [0.1, 0.15) is 32.3 Å². The van der Waals surface area contributed by atoms with Crippen molar-refractivity contribution in [2.24, 2.45) is 0 Å². The number of carbonyl (C=O) groups excluding carboxylic acids is 1. The summed E-state index contributed by atoms with van der Waals surface area (Å²) in [5.41, 5.74) is 0.391. The van der Waals surface area contributed by atoms with Crippen molar-refractivity contribution in [3.63, 3.8) is 0 Å². The van der Waals surface area contributed by atoms with Crippen molar-refractivity contribution in [1.82, 2.24) is 5.32 Å². The molecule has 0 spiro atoms. The van der Waals surface area contributed by atoms with Gasteiger partial charge in [-0.05, 0) is 37.5 Å². The smallest absolute Gasteiger partial charge is 0.224 e. The summed E-state index contributed by atoms with van der Waals surface area (Å²) in [6, 6.07) is 5.89. The second kappa shape index (κ2) is 6.50. The third-order valence-corrected chi connectivity index (χ3v) is 3.16. The Hall–Kier alpha value is -1.42. The molecule has 0 bridgehead atoms. The molecule has 0 fully saturated rings. The average molecular weight is 253 g/mol. The molecule has 1 aromatic carbocycles. The fraction of sp³-hybridized carbons (Fsp3) is 0.500. The van der Waals surface area contributed by atoms with Gasteiger partial charge in [-0.1, -0.05) is 19.1 Å². The molecule has 3 nitrogen and oxygen atoms in total. The summed E-state index contributed by atoms with van der Waals surface area (Å²) in [6.07, 6.45) is 1.50. The van der Waals surface area contributed by atoms with Crippen LogP contribution in [0.5, 0.6) is 0 Å². The highest BCUT2D eigenvalue weighted by molar-refractivity contribution is 5.79. The Kier molecular flexibility index (Phi) is 5.28. The van der Waals surface area contributed by atoms with Crippen molar-refractivity contribution in [3.8, 4) is 0 Å². The molecule has 1 aromatic rings. The summed E-state index contributed by atoms with van der Waals surface area (Å²) in [5.74, 6) is -0.419. The molecule has 18 heavy (non-hydrogen) atoms. The molecule has 0 aliphatic heterocycles. The zero-order chi connectivity index (χ0) is 13.6. The number of hydrogen-bond donors (Lipinski definition) is 2. The van der Waals surface area contributed by atoms with E-state index in [0.29, 0.717) is 6.42 Å². The van der Waals surface area contributed by atoms with E-state index < -0.39 is 0 Å². The van der Waals surface area contributed by atoms with Crippen molar-refractivity contribution in [3.05, 3.63) is 35.6 Å². The van der Waals surface area contributed by atoms with Crippen LogP contribution >= 0.6 is 0 Å². The monoisotopic (exact) mass is 253 g/mol. The number of aliphatic hydroxyl groups is 1. The van der Waals surface area contributed by atoms with Crippen molar-refractivity contribution in [2.45, 2.75) is 38.6 Å². The van der Waals surface area contributed by atoms with E-state index in [1.54, 1.807) is 12.1 Å². The average Bonchev–Trinajstić information content (AvgIpc) is 2.32. The van der Waals surface area contributed by atoms with Crippen molar-refractivity contribution < 1.29 is 14.3 Å². The zero-order valence-electron chi connectivity index (χ0n) is 10.9. The van der Waals surface area contributed by atoms with Gasteiger partial charge < -0.3 is 10.4 Å². The molecule has 0 aliphatic carbocycles. The molecular formula is C14H20FNO2. The fourth-order valence-corrected chi connectivity index (χ4v) is 1.74. The standard InChI is InChI=1S/C14H20FNO2/c1-3-14(2,8-9-17)16-13(18)10-11-4-6-12(15)7-5-11/h4-7,17H,3,8-10H2,1-2H3,(H,16,18). The molecule has 0 aromatic heterocycles.